The predicted molar refractivity (Wildman–Crippen MR) is 70.1 cm³/mol. The highest BCUT2D eigenvalue weighted by molar-refractivity contribution is 5.95. The Bertz CT molecular complexity index is 469. The summed E-state index contributed by atoms with van der Waals surface area (Å²) in [4.78, 5) is 23.1. The molecule has 2 N–H and O–H groups in total. The smallest absolute Gasteiger partial charge is 0.307 e. The zero-order valence-corrected chi connectivity index (χ0v) is 10.8. The quantitative estimate of drug-likeness (QED) is 0.872. The number of carboxylic acids is 1. The van der Waals surface area contributed by atoms with E-state index in [9.17, 15) is 9.59 Å². The van der Waals surface area contributed by atoms with Crippen molar-refractivity contribution in [2.24, 2.45) is 11.8 Å². The first-order valence-electron chi connectivity index (χ1n) is 6.29. The Morgan fingerprint density at radius 2 is 1.84 bits per heavy atom. The van der Waals surface area contributed by atoms with Crippen molar-refractivity contribution in [2.75, 3.05) is 12.4 Å². The van der Waals surface area contributed by atoms with Gasteiger partial charge in [0.2, 0.25) is 5.91 Å². The van der Waals surface area contributed by atoms with E-state index in [4.69, 9.17) is 9.84 Å². The second kappa shape index (κ2) is 5.73. The molecule has 0 bridgehead atoms. The molecule has 5 nitrogen and oxygen atoms in total. The molecular formula is C14H17NO4. The first-order chi connectivity index (χ1) is 9.11. The highest BCUT2D eigenvalue weighted by atomic mass is 16.5. The standard InChI is InChI=1S/C14H17NO4/c1-19-10-7-5-9(6-8-10)15-13(16)11-3-2-4-12(11)14(17)18/h5-8,11-12H,2-4H2,1H3,(H,15,16)(H,17,18)/t11-,12+/m1/s1. The lowest BCUT2D eigenvalue weighted by Crippen LogP contribution is -2.29. The van der Waals surface area contributed by atoms with E-state index in [1.807, 2.05) is 0 Å². The Kier molecular flexibility index (Phi) is 4.04. The molecule has 2 rings (SSSR count). The van der Waals surface area contributed by atoms with Gasteiger partial charge in [0, 0.05) is 5.69 Å². The fraction of sp³-hybridized carbons (Fsp3) is 0.429. The maximum atomic E-state index is 12.1. The zero-order chi connectivity index (χ0) is 13.8. The number of methoxy groups -OCH3 is 1. The third-order valence-corrected chi connectivity index (χ3v) is 3.53. The number of aliphatic carboxylic acids is 1. The topological polar surface area (TPSA) is 75.6 Å². The van der Waals surface area contributed by atoms with Crippen LogP contribution in [-0.4, -0.2) is 24.1 Å². The van der Waals surface area contributed by atoms with Crippen LogP contribution in [0.4, 0.5) is 5.69 Å². The Morgan fingerprint density at radius 3 is 2.42 bits per heavy atom. The van der Waals surface area contributed by atoms with Crippen LogP contribution in [0.15, 0.2) is 24.3 Å². The fourth-order valence-corrected chi connectivity index (χ4v) is 2.48. The zero-order valence-electron chi connectivity index (χ0n) is 10.8. The second-order valence-electron chi connectivity index (χ2n) is 4.70. The SMILES string of the molecule is COc1ccc(NC(=O)[C@@H]2CCC[C@@H]2C(=O)O)cc1. The van der Waals surface area contributed by atoms with Crippen LogP contribution in [0.2, 0.25) is 0 Å². The molecule has 0 heterocycles. The lowest BCUT2D eigenvalue weighted by atomic mass is 9.95. The van der Waals surface area contributed by atoms with Crippen LogP contribution in [0.25, 0.3) is 0 Å². The van der Waals surface area contributed by atoms with Crippen LogP contribution in [0, 0.1) is 11.8 Å². The van der Waals surface area contributed by atoms with Crippen LogP contribution < -0.4 is 10.1 Å². The lowest BCUT2D eigenvalue weighted by Gasteiger charge is -2.15. The molecule has 1 aromatic carbocycles. The molecule has 1 amide bonds. The van der Waals surface area contributed by atoms with E-state index in [-0.39, 0.29) is 5.91 Å². The van der Waals surface area contributed by atoms with Crippen molar-refractivity contribution in [1.29, 1.82) is 0 Å². The molecule has 0 spiro atoms. The molecule has 102 valence electrons. The molecule has 1 aromatic rings. The summed E-state index contributed by atoms with van der Waals surface area (Å²) in [5.41, 5.74) is 0.654. The highest BCUT2D eigenvalue weighted by Crippen LogP contribution is 2.32. The van der Waals surface area contributed by atoms with E-state index in [0.29, 0.717) is 24.3 Å². The normalized spacial score (nSPS) is 21.9. The van der Waals surface area contributed by atoms with Crippen molar-refractivity contribution in [1.82, 2.24) is 0 Å². The van der Waals surface area contributed by atoms with Gasteiger partial charge in [-0.3, -0.25) is 9.59 Å². The number of amides is 1. The van der Waals surface area contributed by atoms with E-state index in [1.54, 1.807) is 31.4 Å². The van der Waals surface area contributed by atoms with Gasteiger partial charge in [-0.25, -0.2) is 0 Å². The second-order valence-corrected chi connectivity index (χ2v) is 4.70. The third-order valence-electron chi connectivity index (χ3n) is 3.53. The Hall–Kier alpha value is -2.04. The molecular weight excluding hydrogens is 246 g/mol. The molecule has 5 heteroatoms. The number of carbonyl (C=O) groups is 2. The van der Waals surface area contributed by atoms with E-state index in [2.05, 4.69) is 5.32 Å². The fourth-order valence-electron chi connectivity index (χ4n) is 2.48. The molecule has 2 atom stereocenters. The third kappa shape index (κ3) is 3.05. The van der Waals surface area contributed by atoms with Gasteiger partial charge in [0.25, 0.3) is 0 Å². The summed E-state index contributed by atoms with van der Waals surface area (Å²) in [6.07, 6.45) is 2.01. The van der Waals surface area contributed by atoms with Gasteiger partial charge in [0.15, 0.2) is 0 Å². The van der Waals surface area contributed by atoms with Gasteiger partial charge >= 0.3 is 5.97 Å². The maximum absolute atomic E-state index is 12.1. The van der Waals surface area contributed by atoms with Crippen molar-refractivity contribution in [3.63, 3.8) is 0 Å². The number of rotatable bonds is 4. The van der Waals surface area contributed by atoms with Crippen LogP contribution in [0.3, 0.4) is 0 Å². The van der Waals surface area contributed by atoms with Crippen LogP contribution in [0.5, 0.6) is 5.75 Å². The molecule has 0 aliphatic heterocycles. The molecule has 0 radical (unpaired) electrons. The van der Waals surface area contributed by atoms with Crippen LogP contribution in [-0.2, 0) is 9.59 Å². The summed E-state index contributed by atoms with van der Waals surface area (Å²) in [5, 5.41) is 11.8. The summed E-state index contributed by atoms with van der Waals surface area (Å²) >= 11 is 0. The Morgan fingerprint density at radius 1 is 1.21 bits per heavy atom. The highest BCUT2D eigenvalue weighted by Gasteiger charge is 2.37. The summed E-state index contributed by atoms with van der Waals surface area (Å²) in [6.45, 7) is 0. The maximum Gasteiger partial charge on any atom is 0.307 e. The van der Waals surface area contributed by atoms with Crippen molar-refractivity contribution in [2.45, 2.75) is 19.3 Å². The van der Waals surface area contributed by atoms with Gasteiger partial charge < -0.3 is 15.2 Å². The molecule has 19 heavy (non-hydrogen) atoms. The van der Waals surface area contributed by atoms with E-state index < -0.39 is 17.8 Å². The Balaban J connectivity index is 2.01. The van der Waals surface area contributed by atoms with Gasteiger partial charge in [0.05, 0.1) is 18.9 Å². The van der Waals surface area contributed by atoms with Crippen molar-refractivity contribution < 1.29 is 19.4 Å². The van der Waals surface area contributed by atoms with E-state index >= 15 is 0 Å². The predicted octanol–water partition coefficient (Wildman–Crippen LogP) is 2.13. The number of hydrogen-bond donors (Lipinski definition) is 2. The van der Waals surface area contributed by atoms with Gasteiger partial charge in [-0.1, -0.05) is 6.42 Å². The molecule has 0 saturated heterocycles. The monoisotopic (exact) mass is 263 g/mol. The number of carboxylic acid groups (broad SMARTS) is 1. The van der Waals surface area contributed by atoms with Gasteiger partial charge in [-0.05, 0) is 37.1 Å². The van der Waals surface area contributed by atoms with Gasteiger partial charge in [-0.2, -0.15) is 0 Å². The minimum absolute atomic E-state index is 0.213. The summed E-state index contributed by atoms with van der Waals surface area (Å²) in [7, 11) is 1.57. The largest absolute Gasteiger partial charge is 0.497 e. The molecule has 1 aliphatic rings. The van der Waals surface area contributed by atoms with Crippen molar-refractivity contribution >= 4 is 17.6 Å². The average molecular weight is 263 g/mol. The summed E-state index contributed by atoms with van der Waals surface area (Å²) in [5.74, 6) is -1.37. The number of benzene rings is 1. The number of ether oxygens (including phenoxy) is 1. The first-order valence-corrected chi connectivity index (χ1v) is 6.29. The lowest BCUT2D eigenvalue weighted by molar-refractivity contribution is -0.145. The van der Waals surface area contributed by atoms with Gasteiger partial charge in [0.1, 0.15) is 5.75 Å². The Labute approximate surface area is 111 Å². The minimum atomic E-state index is -0.882. The molecule has 1 saturated carbocycles. The van der Waals surface area contributed by atoms with Crippen molar-refractivity contribution in [3.8, 4) is 5.75 Å². The van der Waals surface area contributed by atoms with E-state index in [0.717, 1.165) is 6.42 Å². The average Bonchev–Trinajstić information content (AvgIpc) is 2.89. The molecule has 0 unspecified atom stereocenters. The van der Waals surface area contributed by atoms with E-state index in [1.165, 1.54) is 0 Å². The molecule has 0 aromatic heterocycles. The molecule has 1 fully saturated rings. The summed E-state index contributed by atoms with van der Waals surface area (Å²) < 4.78 is 5.03. The first kappa shape index (κ1) is 13.4. The van der Waals surface area contributed by atoms with Crippen molar-refractivity contribution in [3.05, 3.63) is 24.3 Å². The number of hydrogen-bond acceptors (Lipinski definition) is 3. The summed E-state index contributed by atoms with van der Waals surface area (Å²) in [6, 6.07) is 6.97. The number of anilines is 1. The van der Waals surface area contributed by atoms with Gasteiger partial charge in [-0.15, -0.1) is 0 Å². The minimum Gasteiger partial charge on any atom is -0.497 e. The van der Waals surface area contributed by atoms with Crippen LogP contribution in [0.1, 0.15) is 19.3 Å². The number of carbonyl (C=O) groups excluding carboxylic acids is 1. The van der Waals surface area contributed by atoms with Crippen LogP contribution >= 0.6 is 0 Å². The number of nitrogens with one attached hydrogen (secondary N) is 1. The molecule has 1 aliphatic carbocycles.